The largest absolute Gasteiger partial charge is 0.444 e. The van der Waals surface area contributed by atoms with Crippen molar-refractivity contribution in [3.63, 3.8) is 0 Å². The maximum Gasteiger partial charge on any atom is 0.410 e. The second kappa shape index (κ2) is 13.1. The molecule has 2 heterocycles. The molecule has 1 fully saturated rings. The number of likely N-dealkylation sites (N-methyl/N-ethyl adjacent to an activating group) is 1. The first-order valence-corrected chi connectivity index (χ1v) is 14.3. The van der Waals surface area contributed by atoms with E-state index in [1.807, 2.05) is 82.2 Å². The third kappa shape index (κ3) is 8.01. The van der Waals surface area contributed by atoms with Crippen molar-refractivity contribution < 1.29 is 14.3 Å². The van der Waals surface area contributed by atoms with Gasteiger partial charge in [0, 0.05) is 67.1 Å². The Morgan fingerprint density at radius 2 is 1.80 bits per heavy atom. The summed E-state index contributed by atoms with van der Waals surface area (Å²) in [4.78, 5) is 35.1. The molecule has 0 aliphatic carbocycles. The number of aromatic nitrogens is 1. The minimum Gasteiger partial charge on any atom is -0.444 e. The number of ether oxygens (including phenoxy) is 1. The average molecular weight is 559 g/mol. The molecule has 4 rings (SSSR count). The Labute approximate surface area is 243 Å². The molecular weight excluding hydrogens is 516 g/mol. The maximum atomic E-state index is 13.0. The summed E-state index contributed by atoms with van der Waals surface area (Å²) >= 11 is 0. The minimum atomic E-state index is -0.527. The third-order valence-electron chi connectivity index (χ3n) is 7.38. The molecule has 0 atom stereocenters. The van der Waals surface area contributed by atoms with Crippen molar-refractivity contribution in [1.82, 2.24) is 20.1 Å². The van der Waals surface area contributed by atoms with Crippen LogP contribution in [0.1, 0.15) is 55.1 Å². The molecule has 0 spiro atoms. The predicted octanol–water partition coefficient (Wildman–Crippen LogP) is 4.78. The number of carbonyl (C=O) groups is 2. The summed E-state index contributed by atoms with van der Waals surface area (Å²) in [6.07, 6.45) is 3.87. The van der Waals surface area contributed by atoms with E-state index in [2.05, 4.69) is 26.2 Å². The Kier molecular flexibility index (Phi) is 9.56. The van der Waals surface area contributed by atoms with Crippen LogP contribution in [0.3, 0.4) is 0 Å². The minimum absolute atomic E-state index is 0.107. The summed E-state index contributed by atoms with van der Waals surface area (Å²) in [6, 6.07) is 16.0. The number of anilines is 1. The molecule has 1 aromatic heterocycles. The zero-order valence-electron chi connectivity index (χ0n) is 24.9. The molecule has 2 N–H and O–H groups in total. The lowest BCUT2D eigenvalue weighted by Crippen LogP contribution is -2.50. The van der Waals surface area contributed by atoms with E-state index in [1.165, 1.54) is 0 Å². The first-order valence-electron chi connectivity index (χ1n) is 14.3. The summed E-state index contributed by atoms with van der Waals surface area (Å²) in [6.45, 7) is 9.29. The molecule has 2 amide bonds. The van der Waals surface area contributed by atoms with Crippen LogP contribution in [0.25, 0.3) is 10.9 Å². The van der Waals surface area contributed by atoms with Gasteiger partial charge < -0.3 is 29.7 Å². The molecule has 0 bridgehead atoms. The number of aromatic amines is 1. The van der Waals surface area contributed by atoms with E-state index in [0.29, 0.717) is 30.6 Å². The lowest BCUT2D eigenvalue weighted by molar-refractivity contribution is 0.0123. The topological polar surface area (TPSA) is 105 Å². The zero-order valence-corrected chi connectivity index (χ0v) is 24.9. The summed E-state index contributed by atoms with van der Waals surface area (Å²) in [5, 5.41) is 13.2. The molecule has 1 saturated heterocycles. The van der Waals surface area contributed by atoms with E-state index in [-0.39, 0.29) is 18.0 Å². The highest BCUT2D eigenvalue weighted by Gasteiger charge is 2.31. The summed E-state index contributed by atoms with van der Waals surface area (Å²) < 4.78 is 5.71. The van der Waals surface area contributed by atoms with Gasteiger partial charge in [0.05, 0.1) is 5.56 Å². The fourth-order valence-corrected chi connectivity index (χ4v) is 5.15. The van der Waals surface area contributed by atoms with Crippen LogP contribution in [0.4, 0.5) is 10.5 Å². The van der Waals surface area contributed by atoms with Gasteiger partial charge in [0.1, 0.15) is 11.7 Å². The van der Waals surface area contributed by atoms with E-state index in [1.54, 1.807) is 6.20 Å². The van der Waals surface area contributed by atoms with Crippen LogP contribution in [-0.2, 0) is 11.2 Å². The smallest absolute Gasteiger partial charge is 0.410 e. The highest BCUT2D eigenvalue weighted by molar-refractivity contribution is 5.94. The van der Waals surface area contributed by atoms with Crippen molar-refractivity contribution in [2.75, 3.05) is 51.7 Å². The van der Waals surface area contributed by atoms with Crippen molar-refractivity contribution in [1.29, 1.82) is 5.26 Å². The lowest BCUT2D eigenvalue weighted by Gasteiger charge is -2.40. The molecule has 9 heteroatoms. The highest BCUT2D eigenvalue weighted by atomic mass is 16.6. The normalized spacial score (nSPS) is 14.2. The van der Waals surface area contributed by atoms with Gasteiger partial charge in [-0.3, -0.25) is 4.79 Å². The number of rotatable bonds is 9. The van der Waals surface area contributed by atoms with E-state index in [9.17, 15) is 14.9 Å². The number of hydrogen-bond donors (Lipinski definition) is 2. The predicted molar refractivity (Wildman–Crippen MR) is 162 cm³/mol. The van der Waals surface area contributed by atoms with Crippen LogP contribution < -0.4 is 10.2 Å². The zero-order chi connectivity index (χ0) is 29.6. The monoisotopic (exact) mass is 558 g/mol. The SMILES string of the molecule is CN(C)CCN(C(=O)OC(C)(C)C)C1CCN(c2ccc(C(=O)NCCc3ccc4[nH]cc(C#N)c4c3)cc2)CC1. The molecule has 41 heavy (non-hydrogen) atoms. The average Bonchev–Trinajstić information content (AvgIpc) is 3.35. The number of nitrogens with one attached hydrogen (secondary N) is 2. The quantitative estimate of drug-likeness (QED) is 0.392. The maximum absolute atomic E-state index is 13.0. The fourth-order valence-electron chi connectivity index (χ4n) is 5.15. The molecule has 3 aromatic rings. The van der Waals surface area contributed by atoms with Crippen molar-refractivity contribution in [2.45, 2.75) is 51.7 Å². The number of amides is 2. The molecule has 9 nitrogen and oxygen atoms in total. The van der Waals surface area contributed by atoms with Gasteiger partial charge in [-0.15, -0.1) is 0 Å². The number of fused-ring (bicyclic) bond motifs is 1. The van der Waals surface area contributed by atoms with Crippen molar-refractivity contribution in [2.24, 2.45) is 0 Å². The molecule has 218 valence electrons. The van der Waals surface area contributed by atoms with Gasteiger partial charge in [0.15, 0.2) is 0 Å². The number of carbonyl (C=O) groups excluding carboxylic acids is 2. The molecule has 1 aliphatic rings. The first kappa shape index (κ1) is 29.9. The second-order valence-corrected chi connectivity index (χ2v) is 11.9. The first-order chi connectivity index (χ1) is 19.5. The highest BCUT2D eigenvalue weighted by Crippen LogP contribution is 2.25. The molecule has 0 unspecified atom stereocenters. The van der Waals surface area contributed by atoms with Crippen LogP contribution >= 0.6 is 0 Å². The number of H-pyrrole nitrogens is 1. The van der Waals surface area contributed by atoms with Crippen LogP contribution in [0.15, 0.2) is 48.7 Å². The summed E-state index contributed by atoms with van der Waals surface area (Å²) in [5.41, 5.74) is 3.80. The van der Waals surface area contributed by atoms with Crippen molar-refractivity contribution in [3.8, 4) is 6.07 Å². The number of hydrogen-bond acceptors (Lipinski definition) is 6. The van der Waals surface area contributed by atoms with E-state index in [0.717, 1.165) is 54.6 Å². The Hall–Kier alpha value is -4.03. The molecule has 2 aromatic carbocycles. The standard InChI is InChI=1S/C32H42N6O3/c1-32(2,3)41-31(40)38(19-18-36(4)5)27-13-16-37(17-14-27)26-9-7-24(8-10-26)30(39)34-15-12-23-6-11-29-28(20-23)25(21-33)22-35-29/h6-11,20,22,27,35H,12-19H2,1-5H3,(H,34,39). The fraction of sp³-hybridized carbons (Fsp3) is 0.469. The van der Waals surface area contributed by atoms with Gasteiger partial charge in [0.25, 0.3) is 5.91 Å². The van der Waals surface area contributed by atoms with E-state index in [4.69, 9.17) is 4.74 Å². The second-order valence-electron chi connectivity index (χ2n) is 11.9. The Morgan fingerprint density at radius 1 is 1.10 bits per heavy atom. The van der Waals surface area contributed by atoms with Crippen LogP contribution in [0.2, 0.25) is 0 Å². The van der Waals surface area contributed by atoms with Gasteiger partial charge in [-0.05, 0) is 96.1 Å². The Morgan fingerprint density at radius 3 is 2.44 bits per heavy atom. The van der Waals surface area contributed by atoms with Crippen molar-refractivity contribution >= 4 is 28.6 Å². The van der Waals surface area contributed by atoms with Gasteiger partial charge in [-0.2, -0.15) is 5.26 Å². The Balaban J connectivity index is 1.28. The molecule has 0 radical (unpaired) electrons. The summed E-state index contributed by atoms with van der Waals surface area (Å²) in [5.74, 6) is -0.107. The number of nitrogens with zero attached hydrogens (tertiary/aromatic N) is 4. The van der Waals surface area contributed by atoms with Gasteiger partial charge in [0.2, 0.25) is 0 Å². The van der Waals surface area contributed by atoms with Gasteiger partial charge in [-0.25, -0.2) is 4.79 Å². The van der Waals surface area contributed by atoms with E-state index < -0.39 is 5.60 Å². The lowest BCUT2D eigenvalue weighted by atomic mass is 10.0. The molecule has 1 aliphatic heterocycles. The van der Waals surface area contributed by atoms with Crippen LogP contribution in [0.5, 0.6) is 0 Å². The number of benzene rings is 2. The van der Waals surface area contributed by atoms with Gasteiger partial charge >= 0.3 is 6.09 Å². The van der Waals surface area contributed by atoms with E-state index >= 15 is 0 Å². The molecular formula is C32H42N6O3. The van der Waals surface area contributed by atoms with Crippen LogP contribution in [-0.4, -0.2) is 85.2 Å². The summed E-state index contributed by atoms with van der Waals surface area (Å²) in [7, 11) is 4.02. The number of piperidine rings is 1. The third-order valence-corrected chi connectivity index (χ3v) is 7.38. The van der Waals surface area contributed by atoms with Crippen LogP contribution in [0, 0.1) is 11.3 Å². The Bertz CT molecular complexity index is 1380. The number of nitriles is 1. The molecule has 0 saturated carbocycles. The van der Waals surface area contributed by atoms with Gasteiger partial charge in [-0.1, -0.05) is 6.07 Å². The van der Waals surface area contributed by atoms with Crippen molar-refractivity contribution in [3.05, 3.63) is 65.4 Å².